The van der Waals surface area contributed by atoms with E-state index in [-0.39, 0.29) is 24.5 Å². The highest BCUT2D eigenvalue weighted by molar-refractivity contribution is 6.02. The average molecular weight is 419 g/mol. The number of fused-ring (bicyclic) bond motifs is 1. The van der Waals surface area contributed by atoms with Crippen molar-refractivity contribution in [3.63, 3.8) is 0 Å². The zero-order valence-electron chi connectivity index (χ0n) is 18.3. The molecule has 0 saturated heterocycles. The third kappa shape index (κ3) is 4.90. The Morgan fingerprint density at radius 2 is 1.84 bits per heavy atom. The van der Waals surface area contributed by atoms with Gasteiger partial charge in [0, 0.05) is 36.9 Å². The van der Waals surface area contributed by atoms with Crippen molar-refractivity contribution in [3.05, 3.63) is 66.5 Å². The highest BCUT2D eigenvalue weighted by atomic mass is 16.2. The van der Waals surface area contributed by atoms with Crippen molar-refractivity contribution in [2.45, 2.75) is 38.8 Å². The fraction of sp³-hybridized carbons (Fsp3) is 0.360. The lowest BCUT2D eigenvalue weighted by Crippen LogP contribution is -2.45. The number of rotatable bonds is 8. The van der Waals surface area contributed by atoms with Crippen LogP contribution in [-0.2, 0) is 18.4 Å². The summed E-state index contributed by atoms with van der Waals surface area (Å²) >= 11 is 0. The summed E-state index contributed by atoms with van der Waals surface area (Å²) in [4.78, 5) is 29.9. The van der Waals surface area contributed by atoms with Crippen molar-refractivity contribution in [3.8, 4) is 0 Å². The monoisotopic (exact) mass is 418 g/mol. The molecule has 3 amide bonds. The molecule has 0 atom stereocenters. The first-order chi connectivity index (χ1) is 15.1. The Kier molecular flexibility index (Phi) is 6.26. The number of benzene rings is 2. The zero-order chi connectivity index (χ0) is 21.8. The van der Waals surface area contributed by atoms with Crippen LogP contribution in [0.2, 0.25) is 0 Å². The molecule has 1 aromatic heterocycles. The highest BCUT2D eigenvalue weighted by Crippen LogP contribution is 2.29. The lowest BCUT2D eigenvalue weighted by atomic mass is 10.1. The van der Waals surface area contributed by atoms with Crippen LogP contribution in [0.4, 0.5) is 10.5 Å². The van der Waals surface area contributed by atoms with Crippen molar-refractivity contribution in [1.29, 1.82) is 0 Å². The van der Waals surface area contributed by atoms with Crippen LogP contribution in [0.5, 0.6) is 0 Å². The van der Waals surface area contributed by atoms with Crippen LogP contribution in [0.3, 0.4) is 0 Å². The minimum absolute atomic E-state index is 0.00483. The number of amides is 3. The molecule has 3 aromatic rings. The highest BCUT2D eigenvalue weighted by Gasteiger charge is 2.34. The summed E-state index contributed by atoms with van der Waals surface area (Å²) in [6, 6.07) is 17.9. The SMILES string of the molecule is CCCN(CC(=O)N(Cc1cccn1C)C1CC1)C(=O)Nc1cccc2ccccc12. The van der Waals surface area contributed by atoms with Crippen molar-refractivity contribution >= 4 is 28.4 Å². The number of aryl methyl sites for hydroxylation is 1. The van der Waals surface area contributed by atoms with Gasteiger partial charge in [0.25, 0.3) is 0 Å². The first-order valence-corrected chi connectivity index (χ1v) is 11.0. The predicted octanol–water partition coefficient (Wildman–Crippen LogP) is 4.61. The van der Waals surface area contributed by atoms with Gasteiger partial charge in [0.1, 0.15) is 6.54 Å². The van der Waals surface area contributed by atoms with Gasteiger partial charge in [-0.1, -0.05) is 43.3 Å². The topological polar surface area (TPSA) is 57.6 Å². The van der Waals surface area contributed by atoms with E-state index in [0.29, 0.717) is 13.1 Å². The Morgan fingerprint density at radius 1 is 1.06 bits per heavy atom. The Morgan fingerprint density at radius 3 is 2.55 bits per heavy atom. The molecule has 1 heterocycles. The standard InChI is InChI=1S/C25H30N4O2/c1-3-15-28(25(31)26-23-12-6-9-19-8-4-5-11-22(19)23)18-24(30)29(20-13-14-20)17-21-10-7-16-27(21)2/h4-12,16,20H,3,13-15,17-18H2,1-2H3,(H,26,31). The normalized spacial score (nSPS) is 13.2. The molecule has 0 unspecified atom stereocenters. The van der Waals surface area contributed by atoms with Gasteiger partial charge in [-0.05, 0) is 42.8 Å². The van der Waals surface area contributed by atoms with Crippen LogP contribution in [0.15, 0.2) is 60.8 Å². The number of nitrogens with one attached hydrogen (secondary N) is 1. The van der Waals surface area contributed by atoms with Crippen LogP contribution < -0.4 is 5.32 Å². The zero-order valence-corrected chi connectivity index (χ0v) is 18.3. The average Bonchev–Trinajstić information content (AvgIpc) is 3.53. The number of carbonyl (C=O) groups excluding carboxylic acids is 2. The second-order valence-electron chi connectivity index (χ2n) is 8.24. The minimum Gasteiger partial charge on any atom is -0.353 e. The quantitative estimate of drug-likeness (QED) is 0.581. The van der Waals surface area contributed by atoms with Gasteiger partial charge < -0.3 is 19.7 Å². The van der Waals surface area contributed by atoms with Gasteiger partial charge in [-0.2, -0.15) is 0 Å². The Labute approximate surface area is 183 Å². The van der Waals surface area contributed by atoms with Crippen molar-refractivity contribution < 1.29 is 9.59 Å². The summed E-state index contributed by atoms with van der Waals surface area (Å²) in [6.45, 7) is 3.22. The number of nitrogens with zero attached hydrogens (tertiary/aromatic N) is 3. The Bertz CT molecular complexity index is 1060. The van der Waals surface area contributed by atoms with Crippen LogP contribution >= 0.6 is 0 Å². The lowest BCUT2D eigenvalue weighted by molar-refractivity contribution is -0.133. The molecule has 6 nitrogen and oxygen atoms in total. The van der Waals surface area contributed by atoms with Crippen molar-refractivity contribution in [2.24, 2.45) is 7.05 Å². The molecule has 0 radical (unpaired) electrons. The van der Waals surface area contributed by atoms with E-state index in [1.54, 1.807) is 4.90 Å². The molecule has 0 aliphatic heterocycles. The smallest absolute Gasteiger partial charge is 0.322 e. The Balaban J connectivity index is 1.47. The number of hydrogen-bond donors (Lipinski definition) is 1. The number of aromatic nitrogens is 1. The van der Waals surface area contributed by atoms with Crippen molar-refractivity contribution in [1.82, 2.24) is 14.4 Å². The third-order valence-corrected chi connectivity index (χ3v) is 5.83. The fourth-order valence-corrected chi connectivity index (χ4v) is 3.95. The summed E-state index contributed by atoms with van der Waals surface area (Å²) in [5.74, 6) is 0.00483. The molecule has 1 N–H and O–H groups in total. The van der Waals surface area contributed by atoms with Crippen LogP contribution in [-0.4, -0.2) is 45.4 Å². The van der Waals surface area contributed by atoms with Gasteiger partial charge >= 0.3 is 6.03 Å². The van der Waals surface area contributed by atoms with Crippen LogP contribution in [0.1, 0.15) is 31.9 Å². The fourth-order valence-electron chi connectivity index (χ4n) is 3.95. The van der Waals surface area contributed by atoms with E-state index in [2.05, 4.69) is 5.32 Å². The van der Waals surface area contributed by atoms with E-state index in [4.69, 9.17) is 0 Å². The summed E-state index contributed by atoms with van der Waals surface area (Å²) in [5.41, 5.74) is 1.86. The Hall–Kier alpha value is -3.28. The van der Waals surface area contributed by atoms with Gasteiger partial charge in [0.2, 0.25) is 5.91 Å². The second kappa shape index (κ2) is 9.25. The lowest BCUT2D eigenvalue weighted by Gasteiger charge is -2.28. The van der Waals surface area contributed by atoms with E-state index < -0.39 is 0 Å². The van der Waals surface area contributed by atoms with E-state index in [1.165, 1.54) is 0 Å². The second-order valence-corrected chi connectivity index (χ2v) is 8.24. The van der Waals surface area contributed by atoms with Gasteiger partial charge in [0.15, 0.2) is 0 Å². The molecular formula is C25H30N4O2. The molecule has 31 heavy (non-hydrogen) atoms. The molecule has 1 fully saturated rings. The molecule has 4 rings (SSSR count). The van der Waals surface area contributed by atoms with E-state index in [1.807, 2.05) is 84.2 Å². The molecular weight excluding hydrogens is 388 g/mol. The maximum absolute atomic E-state index is 13.2. The predicted molar refractivity (Wildman–Crippen MR) is 124 cm³/mol. The largest absolute Gasteiger partial charge is 0.353 e. The van der Waals surface area contributed by atoms with Crippen LogP contribution in [0.25, 0.3) is 10.8 Å². The van der Waals surface area contributed by atoms with Crippen molar-refractivity contribution in [2.75, 3.05) is 18.4 Å². The molecule has 1 aliphatic rings. The molecule has 6 heteroatoms. The third-order valence-electron chi connectivity index (χ3n) is 5.83. The number of hydrogen-bond acceptors (Lipinski definition) is 2. The van der Waals surface area contributed by atoms with E-state index in [9.17, 15) is 9.59 Å². The molecule has 2 aromatic carbocycles. The molecule has 0 bridgehead atoms. The molecule has 0 spiro atoms. The number of carbonyl (C=O) groups is 2. The first kappa shape index (κ1) is 21.0. The van der Waals surface area contributed by atoms with Gasteiger partial charge in [0.05, 0.1) is 12.2 Å². The summed E-state index contributed by atoms with van der Waals surface area (Å²) in [6.07, 6.45) is 4.85. The molecule has 1 aliphatic carbocycles. The summed E-state index contributed by atoms with van der Waals surface area (Å²) in [5, 5.41) is 5.09. The number of anilines is 1. The van der Waals surface area contributed by atoms with E-state index in [0.717, 1.165) is 41.4 Å². The maximum atomic E-state index is 13.2. The minimum atomic E-state index is -0.235. The maximum Gasteiger partial charge on any atom is 0.322 e. The van der Waals surface area contributed by atoms with E-state index >= 15 is 0 Å². The first-order valence-electron chi connectivity index (χ1n) is 11.0. The number of urea groups is 1. The molecule has 1 saturated carbocycles. The molecule has 162 valence electrons. The summed E-state index contributed by atoms with van der Waals surface area (Å²) < 4.78 is 2.04. The van der Waals surface area contributed by atoms with Gasteiger partial charge in [-0.25, -0.2) is 4.79 Å². The summed E-state index contributed by atoms with van der Waals surface area (Å²) in [7, 11) is 1.99. The van der Waals surface area contributed by atoms with Gasteiger partial charge in [-0.15, -0.1) is 0 Å². The van der Waals surface area contributed by atoms with Gasteiger partial charge in [-0.3, -0.25) is 4.79 Å². The van der Waals surface area contributed by atoms with Crippen LogP contribution in [0, 0.1) is 0 Å².